The van der Waals surface area contributed by atoms with Crippen LogP contribution in [0.25, 0.3) is 10.8 Å². The number of pyridine rings is 1. The van der Waals surface area contributed by atoms with Crippen LogP contribution in [-0.4, -0.2) is 16.9 Å². The number of carbonyl (C=O) groups is 1. The van der Waals surface area contributed by atoms with Crippen molar-refractivity contribution in [3.63, 3.8) is 0 Å². The third kappa shape index (κ3) is 2.46. The summed E-state index contributed by atoms with van der Waals surface area (Å²) >= 11 is 0. The second-order valence-electron chi connectivity index (χ2n) is 5.41. The molecule has 0 saturated heterocycles. The van der Waals surface area contributed by atoms with E-state index < -0.39 is 0 Å². The summed E-state index contributed by atoms with van der Waals surface area (Å²) in [6, 6.07) is 7.94. The van der Waals surface area contributed by atoms with Gasteiger partial charge in [0, 0.05) is 17.6 Å². The first-order chi connectivity index (χ1) is 9.75. The maximum atomic E-state index is 12.4. The Hall–Kier alpha value is -2.10. The monoisotopic (exact) mass is 269 g/mol. The Morgan fingerprint density at radius 2 is 1.85 bits per heavy atom. The zero-order chi connectivity index (χ0) is 13.9. The summed E-state index contributed by atoms with van der Waals surface area (Å²) in [4.78, 5) is 16.6. The smallest absolute Gasteiger partial charge is 0.253 e. The number of aromatic nitrogens is 1. The summed E-state index contributed by atoms with van der Waals surface area (Å²) in [5.74, 6) is 0.426. The van der Waals surface area contributed by atoms with Crippen molar-refractivity contribution in [2.75, 3.05) is 5.73 Å². The number of nitrogens with zero attached hydrogens (tertiary/aromatic N) is 1. The van der Waals surface area contributed by atoms with Gasteiger partial charge in [-0.05, 0) is 18.2 Å². The molecule has 1 amide bonds. The molecule has 3 rings (SSSR count). The van der Waals surface area contributed by atoms with Crippen molar-refractivity contribution in [1.82, 2.24) is 10.3 Å². The minimum absolute atomic E-state index is 0.0411. The first kappa shape index (κ1) is 12.9. The molecule has 0 spiro atoms. The summed E-state index contributed by atoms with van der Waals surface area (Å²) in [5, 5.41) is 4.83. The van der Waals surface area contributed by atoms with Gasteiger partial charge in [-0.3, -0.25) is 4.79 Å². The molecular weight excluding hydrogens is 250 g/mol. The van der Waals surface area contributed by atoms with Gasteiger partial charge in [-0.2, -0.15) is 0 Å². The summed E-state index contributed by atoms with van der Waals surface area (Å²) < 4.78 is 0. The Morgan fingerprint density at radius 3 is 2.60 bits per heavy atom. The Bertz CT molecular complexity index is 633. The number of nitrogens with two attached hydrogens (primary N) is 1. The molecule has 3 N–H and O–H groups in total. The predicted octanol–water partition coefficient (Wildman–Crippen LogP) is 2.88. The number of fused-ring (bicyclic) bond motifs is 1. The topological polar surface area (TPSA) is 68.0 Å². The fourth-order valence-corrected chi connectivity index (χ4v) is 2.91. The number of amides is 1. The van der Waals surface area contributed by atoms with Crippen LogP contribution in [0.5, 0.6) is 0 Å². The van der Waals surface area contributed by atoms with Gasteiger partial charge in [0.2, 0.25) is 0 Å². The Balaban J connectivity index is 1.89. The molecule has 2 aromatic rings. The molecule has 1 aliphatic rings. The molecule has 20 heavy (non-hydrogen) atoms. The molecule has 0 atom stereocenters. The van der Waals surface area contributed by atoms with Crippen LogP contribution < -0.4 is 11.1 Å². The van der Waals surface area contributed by atoms with E-state index in [0.29, 0.717) is 17.4 Å². The molecule has 0 aliphatic heterocycles. The van der Waals surface area contributed by atoms with Crippen LogP contribution in [0.15, 0.2) is 30.5 Å². The Morgan fingerprint density at radius 1 is 1.15 bits per heavy atom. The van der Waals surface area contributed by atoms with E-state index >= 15 is 0 Å². The molecule has 0 radical (unpaired) electrons. The van der Waals surface area contributed by atoms with Gasteiger partial charge in [0.15, 0.2) is 0 Å². The van der Waals surface area contributed by atoms with Crippen molar-refractivity contribution in [1.29, 1.82) is 0 Å². The highest BCUT2D eigenvalue weighted by atomic mass is 16.1. The molecule has 1 saturated carbocycles. The van der Waals surface area contributed by atoms with E-state index in [0.717, 1.165) is 23.6 Å². The lowest BCUT2D eigenvalue weighted by molar-refractivity contribution is 0.0929. The van der Waals surface area contributed by atoms with Crippen molar-refractivity contribution in [2.45, 2.75) is 38.1 Å². The highest BCUT2D eigenvalue weighted by Crippen LogP contribution is 2.23. The van der Waals surface area contributed by atoms with Gasteiger partial charge in [-0.25, -0.2) is 4.98 Å². The van der Waals surface area contributed by atoms with Crippen molar-refractivity contribution in [2.24, 2.45) is 0 Å². The first-order valence-electron chi connectivity index (χ1n) is 7.20. The fourth-order valence-electron chi connectivity index (χ4n) is 2.91. The first-order valence-corrected chi connectivity index (χ1v) is 7.20. The maximum Gasteiger partial charge on any atom is 0.253 e. The summed E-state index contributed by atoms with van der Waals surface area (Å²) in [6.07, 6.45) is 7.41. The minimum atomic E-state index is -0.0411. The molecule has 1 fully saturated rings. The van der Waals surface area contributed by atoms with Gasteiger partial charge in [0.05, 0.1) is 5.56 Å². The number of hydrogen-bond acceptors (Lipinski definition) is 3. The van der Waals surface area contributed by atoms with Gasteiger partial charge in [-0.1, -0.05) is 43.5 Å². The second-order valence-corrected chi connectivity index (χ2v) is 5.41. The van der Waals surface area contributed by atoms with E-state index in [4.69, 9.17) is 5.73 Å². The molecule has 1 aromatic heterocycles. The highest BCUT2D eigenvalue weighted by molar-refractivity contribution is 6.09. The van der Waals surface area contributed by atoms with Crippen LogP contribution in [0.4, 0.5) is 5.82 Å². The standard InChI is InChI=1S/C16H19N3O/c17-15-13-9-5-4-8-12(13)14(10-18-15)16(20)19-11-6-2-1-3-7-11/h4-5,8-11H,1-3,6-7H2,(H2,17,18)(H,19,20). The van der Waals surface area contributed by atoms with Crippen molar-refractivity contribution >= 4 is 22.5 Å². The molecule has 4 nitrogen and oxygen atoms in total. The van der Waals surface area contributed by atoms with E-state index in [1.54, 1.807) is 6.20 Å². The third-order valence-electron chi connectivity index (χ3n) is 4.01. The lowest BCUT2D eigenvalue weighted by atomic mass is 9.95. The van der Waals surface area contributed by atoms with E-state index in [2.05, 4.69) is 10.3 Å². The van der Waals surface area contributed by atoms with Crippen LogP contribution in [0.1, 0.15) is 42.5 Å². The van der Waals surface area contributed by atoms with E-state index in [1.165, 1.54) is 19.3 Å². The van der Waals surface area contributed by atoms with E-state index in [-0.39, 0.29) is 5.91 Å². The number of anilines is 1. The number of carbonyl (C=O) groups excluding carboxylic acids is 1. The summed E-state index contributed by atoms with van der Waals surface area (Å²) in [7, 11) is 0. The van der Waals surface area contributed by atoms with Gasteiger partial charge in [-0.15, -0.1) is 0 Å². The van der Waals surface area contributed by atoms with Gasteiger partial charge in [0.25, 0.3) is 5.91 Å². The number of rotatable bonds is 2. The fraction of sp³-hybridized carbons (Fsp3) is 0.375. The summed E-state index contributed by atoms with van der Waals surface area (Å²) in [5.41, 5.74) is 6.48. The van der Waals surface area contributed by atoms with Crippen molar-refractivity contribution in [3.05, 3.63) is 36.0 Å². The SMILES string of the molecule is Nc1ncc(C(=O)NC2CCCCC2)c2ccccc12. The molecule has 0 unspecified atom stereocenters. The molecule has 0 bridgehead atoms. The van der Waals surface area contributed by atoms with Crippen LogP contribution in [0.3, 0.4) is 0 Å². The number of nitrogen functional groups attached to an aromatic ring is 1. The van der Waals surface area contributed by atoms with Crippen LogP contribution in [0, 0.1) is 0 Å². The average Bonchev–Trinajstić information content (AvgIpc) is 2.49. The summed E-state index contributed by atoms with van der Waals surface area (Å²) in [6.45, 7) is 0. The lowest BCUT2D eigenvalue weighted by Gasteiger charge is -2.23. The molecule has 1 aliphatic carbocycles. The highest BCUT2D eigenvalue weighted by Gasteiger charge is 2.18. The normalized spacial score (nSPS) is 16.2. The number of hydrogen-bond donors (Lipinski definition) is 2. The number of nitrogens with one attached hydrogen (secondary N) is 1. The Labute approximate surface area is 118 Å². The largest absolute Gasteiger partial charge is 0.383 e. The second kappa shape index (κ2) is 5.49. The molecule has 4 heteroatoms. The van der Waals surface area contributed by atoms with Crippen LogP contribution in [-0.2, 0) is 0 Å². The Kier molecular flexibility index (Phi) is 3.54. The van der Waals surface area contributed by atoms with Crippen molar-refractivity contribution < 1.29 is 4.79 Å². The lowest BCUT2D eigenvalue weighted by Crippen LogP contribution is -2.36. The number of benzene rings is 1. The van der Waals surface area contributed by atoms with Crippen LogP contribution >= 0.6 is 0 Å². The molecular formula is C16H19N3O. The zero-order valence-corrected chi connectivity index (χ0v) is 11.4. The van der Waals surface area contributed by atoms with E-state index in [9.17, 15) is 4.79 Å². The third-order valence-corrected chi connectivity index (χ3v) is 4.01. The van der Waals surface area contributed by atoms with Crippen LogP contribution in [0.2, 0.25) is 0 Å². The molecule has 104 valence electrons. The minimum Gasteiger partial charge on any atom is -0.383 e. The van der Waals surface area contributed by atoms with E-state index in [1.807, 2.05) is 24.3 Å². The zero-order valence-electron chi connectivity index (χ0n) is 11.4. The molecule has 1 heterocycles. The molecule has 1 aromatic carbocycles. The van der Waals surface area contributed by atoms with Crippen molar-refractivity contribution in [3.8, 4) is 0 Å². The van der Waals surface area contributed by atoms with Gasteiger partial charge < -0.3 is 11.1 Å². The van der Waals surface area contributed by atoms with Gasteiger partial charge >= 0.3 is 0 Å². The average molecular weight is 269 g/mol. The maximum absolute atomic E-state index is 12.4. The predicted molar refractivity (Wildman–Crippen MR) is 80.5 cm³/mol. The van der Waals surface area contributed by atoms with Gasteiger partial charge in [0.1, 0.15) is 5.82 Å². The quantitative estimate of drug-likeness (QED) is 0.880.